The molecule has 0 aromatic carbocycles. The zero-order valence-electron chi connectivity index (χ0n) is 6.11. The van der Waals surface area contributed by atoms with Crippen molar-refractivity contribution >= 4 is 21.6 Å². The Morgan fingerprint density at radius 2 is 2.33 bits per heavy atom. The molecule has 5 heteroatoms. The van der Waals surface area contributed by atoms with Crippen LogP contribution in [0.2, 0.25) is 0 Å². The zero-order chi connectivity index (χ0) is 8.55. The summed E-state index contributed by atoms with van der Waals surface area (Å²) in [7, 11) is 0. The first-order valence-corrected chi connectivity index (χ1v) is 4.20. The first kappa shape index (κ1) is 7.70. The van der Waals surface area contributed by atoms with Gasteiger partial charge in [0.05, 0.1) is 0 Å². The Bertz CT molecular complexity index is 412. The van der Waals surface area contributed by atoms with Crippen LogP contribution < -0.4 is 0 Å². The molecule has 0 aliphatic carbocycles. The maximum absolute atomic E-state index is 8.86. The molecule has 1 N–H and O–H groups in total. The van der Waals surface area contributed by atoms with Crippen LogP contribution in [0.15, 0.2) is 22.8 Å². The summed E-state index contributed by atoms with van der Waals surface area (Å²) in [6.45, 7) is -0.0944. The molecule has 2 heterocycles. The van der Waals surface area contributed by atoms with Crippen molar-refractivity contribution in [1.29, 1.82) is 0 Å². The number of aliphatic hydroxyl groups is 1. The van der Waals surface area contributed by atoms with Crippen molar-refractivity contribution in [3.63, 3.8) is 0 Å². The lowest BCUT2D eigenvalue weighted by atomic mass is 10.5. The number of fused-ring (bicyclic) bond motifs is 1. The van der Waals surface area contributed by atoms with Gasteiger partial charge in [0.25, 0.3) is 0 Å². The Morgan fingerprint density at radius 3 is 3.08 bits per heavy atom. The molecule has 62 valence electrons. The smallest absolute Gasteiger partial charge is 0.163 e. The van der Waals surface area contributed by atoms with Crippen LogP contribution in [-0.4, -0.2) is 19.7 Å². The van der Waals surface area contributed by atoms with Gasteiger partial charge in [0, 0.05) is 10.7 Å². The summed E-state index contributed by atoms with van der Waals surface area (Å²) in [6, 6.07) is 3.71. The lowest BCUT2D eigenvalue weighted by Crippen LogP contribution is -1.92. The third-order valence-corrected chi connectivity index (χ3v) is 2.08. The molecule has 0 radical (unpaired) electrons. The van der Waals surface area contributed by atoms with Gasteiger partial charge in [-0.2, -0.15) is 0 Å². The van der Waals surface area contributed by atoms with Gasteiger partial charge in [0.15, 0.2) is 11.5 Å². The van der Waals surface area contributed by atoms with Gasteiger partial charge in [-0.25, -0.2) is 0 Å². The largest absolute Gasteiger partial charge is 0.388 e. The van der Waals surface area contributed by atoms with Crippen molar-refractivity contribution in [1.82, 2.24) is 14.6 Å². The van der Waals surface area contributed by atoms with E-state index < -0.39 is 0 Å². The van der Waals surface area contributed by atoms with E-state index >= 15 is 0 Å². The third-order valence-electron chi connectivity index (χ3n) is 1.58. The Balaban J connectivity index is 2.73. The van der Waals surface area contributed by atoms with Crippen molar-refractivity contribution < 1.29 is 5.11 Å². The second-order valence-corrected chi connectivity index (χ2v) is 3.26. The Labute approximate surface area is 77.0 Å². The van der Waals surface area contributed by atoms with Crippen LogP contribution >= 0.6 is 15.9 Å². The molecule has 0 spiro atoms. The van der Waals surface area contributed by atoms with E-state index in [9.17, 15) is 0 Å². The summed E-state index contributed by atoms with van der Waals surface area (Å²) >= 11 is 3.32. The minimum Gasteiger partial charge on any atom is -0.388 e. The second kappa shape index (κ2) is 2.84. The fourth-order valence-electron chi connectivity index (χ4n) is 1.02. The van der Waals surface area contributed by atoms with E-state index in [1.807, 2.05) is 18.3 Å². The van der Waals surface area contributed by atoms with E-state index in [2.05, 4.69) is 26.1 Å². The number of nitrogens with zero attached hydrogens (tertiary/aromatic N) is 3. The van der Waals surface area contributed by atoms with Crippen LogP contribution in [0.3, 0.4) is 0 Å². The fourth-order valence-corrected chi connectivity index (χ4v) is 1.35. The monoisotopic (exact) mass is 227 g/mol. The van der Waals surface area contributed by atoms with Gasteiger partial charge in [-0.05, 0) is 12.1 Å². The molecule has 2 aromatic rings. The van der Waals surface area contributed by atoms with Crippen LogP contribution in [0.4, 0.5) is 0 Å². The van der Waals surface area contributed by atoms with Gasteiger partial charge < -0.3 is 5.11 Å². The molecule has 0 aliphatic rings. The molecular formula is C7H6BrN3O. The normalized spacial score (nSPS) is 10.8. The summed E-state index contributed by atoms with van der Waals surface area (Å²) in [4.78, 5) is 0. The number of pyridine rings is 1. The quantitative estimate of drug-likeness (QED) is 0.791. The van der Waals surface area contributed by atoms with Crippen molar-refractivity contribution in [3.8, 4) is 0 Å². The standard InChI is InChI=1S/C7H6BrN3O/c8-5-1-2-11-6(3-5)9-10-7(11)4-12/h1-3,12H,4H2. The number of aliphatic hydroxyl groups excluding tert-OH is 1. The summed E-state index contributed by atoms with van der Waals surface area (Å²) in [5.74, 6) is 0.553. The zero-order valence-corrected chi connectivity index (χ0v) is 7.69. The fraction of sp³-hybridized carbons (Fsp3) is 0.143. The van der Waals surface area contributed by atoms with Crippen LogP contribution in [0.1, 0.15) is 5.82 Å². The highest BCUT2D eigenvalue weighted by molar-refractivity contribution is 9.10. The summed E-state index contributed by atoms with van der Waals surface area (Å²) in [6.07, 6.45) is 1.81. The highest BCUT2D eigenvalue weighted by atomic mass is 79.9. The SMILES string of the molecule is OCc1nnc2cc(Br)ccn12. The molecule has 2 rings (SSSR count). The molecule has 4 nitrogen and oxygen atoms in total. The molecule has 0 saturated carbocycles. The average molecular weight is 228 g/mol. The van der Waals surface area contributed by atoms with E-state index in [1.165, 1.54) is 0 Å². The number of halogens is 1. The molecule has 0 saturated heterocycles. The lowest BCUT2D eigenvalue weighted by Gasteiger charge is -1.94. The van der Waals surface area contributed by atoms with E-state index in [-0.39, 0.29) is 6.61 Å². The third kappa shape index (κ3) is 1.11. The van der Waals surface area contributed by atoms with Gasteiger partial charge in [0.1, 0.15) is 6.61 Å². The minimum absolute atomic E-state index is 0.0944. The number of hydrogen-bond donors (Lipinski definition) is 1. The van der Waals surface area contributed by atoms with Gasteiger partial charge in [-0.3, -0.25) is 4.40 Å². The van der Waals surface area contributed by atoms with Gasteiger partial charge >= 0.3 is 0 Å². The van der Waals surface area contributed by atoms with Gasteiger partial charge in [-0.1, -0.05) is 15.9 Å². The van der Waals surface area contributed by atoms with Crippen molar-refractivity contribution in [2.75, 3.05) is 0 Å². The maximum atomic E-state index is 8.86. The number of aromatic nitrogens is 3. The van der Waals surface area contributed by atoms with Crippen LogP contribution in [0, 0.1) is 0 Å². The topological polar surface area (TPSA) is 50.4 Å². The molecule has 0 aliphatic heterocycles. The number of rotatable bonds is 1. The predicted octanol–water partition coefficient (Wildman–Crippen LogP) is 0.984. The number of hydrogen-bond acceptors (Lipinski definition) is 3. The first-order valence-electron chi connectivity index (χ1n) is 3.41. The van der Waals surface area contributed by atoms with Crippen molar-refractivity contribution in [2.24, 2.45) is 0 Å². The molecule has 0 unspecified atom stereocenters. The van der Waals surface area contributed by atoms with Crippen molar-refractivity contribution in [3.05, 3.63) is 28.6 Å². The highest BCUT2D eigenvalue weighted by Gasteiger charge is 2.02. The maximum Gasteiger partial charge on any atom is 0.163 e. The summed E-state index contributed by atoms with van der Waals surface area (Å²) in [5.41, 5.74) is 0.730. The predicted molar refractivity (Wildman–Crippen MR) is 46.6 cm³/mol. The molecule has 12 heavy (non-hydrogen) atoms. The molecule has 0 amide bonds. The average Bonchev–Trinajstić information content (AvgIpc) is 2.46. The van der Waals surface area contributed by atoms with E-state index in [4.69, 9.17) is 5.11 Å². The molecule has 2 aromatic heterocycles. The molecular weight excluding hydrogens is 222 g/mol. The van der Waals surface area contributed by atoms with Gasteiger partial charge in [0.2, 0.25) is 0 Å². The Morgan fingerprint density at radius 1 is 1.50 bits per heavy atom. The molecule has 0 fully saturated rings. The van der Waals surface area contributed by atoms with Gasteiger partial charge in [-0.15, -0.1) is 10.2 Å². The molecule has 0 atom stereocenters. The van der Waals surface area contributed by atoms with Crippen molar-refractivity contribution in [2.45, 2.75) is 6.61 Å². The first-order chi connectivity index (χ1) is 5.81. The summed E-state index contributed by atoms with van der Waals surface area (Å²) < 4.78 is 2.69. The molecule has 0 bridgehead atoms. The lowest BCUT2D eigenvalue weighted by molar-refractivity contribution is 0.270. The van der Waals surface area contributed by atoms with Crippen LogP contribution in [0.25, 0.3) is 5.65 Å². The highest BCUT2D eigenvalue weighted by Crippen LogP contribution is 2.12. The Kier molecular flexibility index (Phi) is 1.82. The van der Waals surface area contributed by atoms with E-state index in [0.717, 1.165) is 10.1 Å². The summed E-state index contributed by atoms with van der Waals surface area (Å²) in [5, 5.41) is 16.5. The Hall–Kier alpha value is -0.940. The van der Waals surface area contributed by atoms with Crippen LogP contribution in [-0.2, 0) is 6.61 Å². The van der Waals surface area contributed by atoms with Crippen LogP contribution in [0.5, 0.6) is 0 Å². The minimum atomic E-state index is -0.0944. The second-order valence-electron chi connectivity index (χ2n) is 2.35. The van der Waals surface area contributed by atoms with E-state index in [1.54, 1.807) is 4.40 Å². The van der Waals surface area contributed by atoms with E-state index in [0.29, 0.717) is 5.82 Å².